The molecule has 0 unspecified atom stereocenters. The minimum absolute atomic E-state index is 0.0689. The lowest BCUT2D eigenvalue weighted by Crippen LogP contribution is -2.21. The van der Waals surface area contributed by atoms with Crippen LogP contribution in [0.4, 0.5) is 5.13 Å². The van der Waals surface area contributed by atoms with Crippen molar-refractivity contribution < 1.29 is 14.3 Å². The zero-order chi connectivity index (χ0) is 15.9. The SMILES string of the molecule is COc1ccc(CCc2nnc(NC(=O)CN)s2)cc1OC. The van der Waals surface area contributed by atoms with Crippen molar-refractivity contribution in [3.05, 3.63) is 28.8 Å². The van der Waals surface area contributed by atoms with Crippen molar-refractivity contribution in [3.63, 3.8) is 0 Å². The molecule has 1 amide bonds. The monoisotopic (exact) mass is 322 g/mol. The van der Waals surface area contributed by atoms with Crippen molar-refractivity contribution in [2.24, 2.45) is 5.73 Å². The third-order valence-electron chi connectivity index (χ3n) is 2.97. The van der Waals surface area contributed by atoms with E-state index in [1.807, 2.05) is 18.2 Å². The first-order valence-corrected chi connectivity index (χ1v) is 7.51. The first-order chi connectivity index (χ1) is 10.7. The number of aromatic nitrogens is 2. The molecule has 118 valence electrons. The summed E-state index contributed by atoms with van der Waals surface area (Å²) >= 11 is 1.35. The molecular weight excluding hydrogens is 304 g/mol. The third-order valence-corrected chi connectivity index (χ3v) is 3.87. The maximum Gasteiger partial charge on any atom is 0.239 e. The number of rotatable bonds is 7. The molecule has 1 aromatic carbocycles. The number of benzene rings is 1. The Bertz CT molecular complexity index is 645. The van der Waals surface area contributed by atoms with Crippen LogP contribution in [0.1, 0.15) is 10.6 Å². The average molecular weight is 322 g/mol. The number of carbonyl (C=O) groups is 1. The van der Waals surface area contributed by atoms with Crippen LogP contribution in [-0.2, 0) is 17.6 Å². The minimum atomic E-state index is -0.275. The standard InChI is InChI=1S/C14H18N4O3S/c1-20-10-5-3-9(7-11(10)21-2)4-6-13-17-18-14(22-13)16-12(19)8-15/h3,5,7H,4,6,8,15H2,1-2H3,(H,16,18,19). The summed E-state index contributed by atoms with van der Waals surface area (Å²) in [6.07, 6.45) is 1.52. The molecule has 0 atom stereocenters. The molecule has 0 aliphatic carbocycles. The number of hydrogen-bond acceptors (Lipinski definition) is 7. The zero-order valence-electron chi connectivity index (χ0n) is 12.5. The van der Waals surface area contributed by atoms with Gasteiger partial charge >= 0.3 is 0 Å². The van der Waals surface area contributed by atoms with Gasteiger partial charge in [-0.2, -0.15) is 0 Å². The number of nitrogens with two attached hydrogens (primary N) is 1. The van der Waals surface area contributed by atoms with Crippen molar-refractivity contribution in [2.75, 3.05) is 26.1 Å². The van der Waals surface area contributed by atoms with Gasteiger partial charge in [-0.3, -0.25) is 10.1 Å². The summed E-state index contributed by atoms with van der Waals surface area (Å²) in [7, 11) is 3.22. The normalized spacial score (nSPS) is 10.3. The average Bonchev–Trinajstić information content (AvgIpc) is 2.99. The summed E-state index contributed by atoms with van der Waals surface area (Å²) in [6, 6.07) is 5.80. The molecule has 8 heteroatoms. The van der Waals surface area contributed by atoms with Crippen molar-refractivity contribution >= 4 is 22.4 Å². The molecule has 0 saturated heterocycles. The molecule has 0 radical (unpaired) electrons. The van der Waals surface area contributed by atoms with Crippen molar-refractivity contribution in [1.82, 2.24) is 10.2 Å². The van der Waals surface area contributed by atoms with E-state index in [4.69, 9.17) is 15.2 Å². The number of methoxy groups -OCH3 is 2. The maximum atomic E-state index is 11.2. The van der Waals surface area contributed by atoms with Crippen LogP contribution in [0.2, 0.25) is 0 Å². The zero-order valence-corrected chi connectivity index (χ0v) is 13.3. The molecule has 1 heterocycles. The van der Waals surface area contributed by atoms with Gasteiger partial charge in [0, 0.05) is 6.42 Å². The van der Waals surface area contributed by atoms with E-state index in [9.17, 15) is 4.79 Å². The highest BCUT2D eigenvalue weighted by molar-refractivity contribution is 7.15. The summed E-state index contributed by atoms with van der Waals surface area (Å²) in [5.74, 6) is 1.13. The number of hydrogen-bond donors (Lipinski definition) is 2. The second kappa shape index (κ2) is 7.71. The molecule has 1 aromatic heterocycles. The van der Waals surface area contributed by atoms with Crippen molar-refractivity contribution in [1.29, 1.82) is 0 Å². The third kappa shape index (κ3) is 4.15. The number of nitrogens with one attached hydrogen (secondary N) is 1. The van der Waals surface area contributed by atoms with Gasteiger partial charge in [0.1, 0.15) is 5.01 Å². The lowest BCUT2D eigenvalue weighted by Gasteiger charge is -2.08. The molecule has 2 rings (SSSR count). The molecule has 0 bridgehead atoms. The molecule has 0 spiro atoms. The van der Waals surface area contributed by atoms with E-state index < -0.39 is 0 Å². The molecule has 2 aromatic rings. The molecule has 0 aliphatic rings. The van der Waals surface area contributed by atoms with Gasteiger partial charge in [-0.05, 0) is 24.1 Å². The van der Waals surface area contributed by atoms with Crippen LogP contribution < -0.4 is 20.5 Å². The number of amides is 1. The van der Waals surface area contributed by atoms with E-state index in [0.29, 0.717) is 16.6 Å². The van der Waals surface area contributed by atoms with Crippen LogP contribution in [0.15, 0.2) is 18.2 Å². The van der Waals surface area contributed by atoms with E-state index in [1.54, 1.807) is 14.2 Å². The Morgan fingerprint density at radius 1 is 1.23 bits per heavy atom. The van der Waals surface area contributed by atoms with Crippen molar-refractivity contribution in [3.8, 4) is 11.5 Å². The number of ether oxygens (including phenoxy) is 2. The maximum absolute atomic E-state index is 11.2. The second-order valence-corrected chi connectivity index (χ2v) is 5.50. The number of carbonyl (C=O) groups excluding carboxylic acids is 1. The van der Waals surface area contributed by atoms with Crippen LogP contribution in [0.5, 0.6) is 11.5 Å². The predicted octanol–water partition coefficient (Wildman–Crippen LogP) is 1.24. The van der Waals surface area contributed by atoms with Gasteiger partial charge in [-0.1, -0.05) is 17.4 Å². The molecule has 0 saturated carbocycles. The number of anilines is 1. The fraction of sp³-hybridized carbons (Fsp3) is 0.357. The van der Waals surface area contributed by atoms with E-state index in [2.05, 4.69) is 15.5 Å². The Balaban J connectivity index is 1.97. The van der Waals surface area contributed by atoms with Gasteiger partial charge in [0.15, 0.2) is 11.5 Å². The van der Waals surface area contributed by atoms with E-state index in [0.717, 1.165) is 23.4 Å². The smallest absolute Gasteiger partial charge is 0.239 e. The summed E-state index contributed by atoms with van der Waals surface area (Å²) in [4.78, 5) is 11.2. The summed E-state index contributed by atoms with van der Waals surface area (Å²) < 4.78 is 10.5. The molecule has 22 heavy (non-hydrogen) atoms. The quantitative estimate of drug-likeness (QED) is 0.795. The summed E-state index contributed by atoms with van der Waals surface area (Å²) in [5, 5.41) is 11.9. The lowest BCUT2D eigenvalue weighted by atomic mass is 10.1. The summed E-state index contributed by atoms with van der Waals surface area (Å²) in [5.41, 5.74) is 6.35. The highest BCUT2D eigenvalue weighted by atomic mass is 32.1. The van der Waals surface area contributed by atoms with Gasteiger partial charge in [-0.25, -0.2) is 0 Å². The second-order valence-electron chi connectivity index (χ2n) is 4.44. The van der Waals surface area contributed by atoms with E-state index >= 15 is 0 Å². The Morgan fingerprint density at radius 3 is 2.68 bits per heavy atom. The Kier molecular flexibility index (Phi) is 5.68. The molecule has 3 N–H and O–H groups in total. The molecule has 0 aliphatic heterocycles. The Labute approximate surface area is 132 Å². The van der Waals surface area contributed by atoms with E-state index in [1.165, 1.54) is 11.3 Å². The number of nitrogens with zero attached hydrogens (tertiary/aromatic N) is 2. The van der Waals surface area contributed by atoms with Crippen LogP contribution in [0.3, 0.4) is 0 Å². The van der Waals surface area contributed by atoms with Crippen LogP contribution in [0.25, 0.3) is 0 Å². The predicted molar refractivity (Wildman–Crippen MR) is 84.5 cm³/mol. The largest absolute Gasteiger partial charge is 0.493 e. The highest BCUT2D eigenvalue weighted by Crippen LogP contribution is 2.28. The van der Waals surface area contributed by atoms with Gasteiger partial charge in [0.05, 0.1) is 20.8 Å². The van der Waals surface area contributed by atoms with Crippen LogP contribution in [-0.4, -0.2) is 36.9 Å². The Morgan fingerprint density at radius 2 is 2.00 bits per heavy atom. The van der Waals surface area contributed by atoms with Gasteiger partial charge in [-0.15, -0.1) is 10.2 Å². The topological polar surface area (TPSA) is 99.4 Å². The van der Waals surface area contributed by atoms with Crippen molar-refractivity contribution in [2.45, 2.75) is 12.8 Å². The highest BCUT2D eigenvalue weighted by Gasteiger charge is 2.09. The van der Waals surface area contributed by atoms with Gasteiger partial charge in [0.25, 0.3) is 0 Å². The molecule has 0 fully saturated rings. The first-order valence-electron chi connectivity index (χ1n) is 6.69. The van der Waals surface area contributed by atoms with Crippen LogP contribution >= 0.6 is 11.3 Å². The Hall–Kier alpha value is -2.19. The lowest BCUT2D eigenvalue weighted by molar-refractivity contribution is -0.114. The van der Waals surface area contributed by atoms with Gasteiger partial charge < -0.3 is 15.2 Å². The summed E-state index contributed by atoms with van der Waals surface area (Å²) in [6.45, 7) is -0.0689. The minimum Gasteiger partial charge on any atom is -0.493 e. The fourth-order valence-corrected chi connectivity index (χ4v) is 2.62. The first kappa shape index (κ1) is 16.2. The number of aryl methyl sites for hydroxylation is 2. The van der Waals surface area contributed by atoms with Crippen LogP contribution in [0, 0.1) is 0 Å². The molecular formula is C14H18N4O3S. The van der Waals surface area contributed by atoms with Gasteiger partial charge in [0.2, 0.25) is 11.0 Å². The molecule has 7 nitrogen and oxygen atoms in total. The van der Waals surface area contributed by atoms with E-state index in [-0.39, 0.29) is 12.5 Å². The fourth-order valence-electron chi connectivity index (χ4n) is 1.86.